The Morgan fingerprint density at radius 2 is 1.83 bits per heavy atom. The van der Waals surface area contributed by atoms with E-state index in [1.165, 1.54) is 7.11 Å². The van der Waals surface area contributed by atoms with Crippen LogP contribution in [0.5, 0.6) is 0 Å². The molecule has 0 spiro atoms. The first kappa shape index (κ1) is 14.6. The van der Waals surface area contributed by atoms with Crippen molar-refractivity contribution in [3.63, 3.8) is 0 Å². The summed E-state index contributed by atoms with van der Waals surface area (Å²) in [6, 6.07) is -0.661. The number of urea groups is 1. The Balaban J connectivity index is 3.02. The van der Waals surface area contributed by atoms with Crippen molar-refractivity contribution in [3.8, 4) is 0 Å². The number of barbiturate groups is 1. The molecule has 6 heteroatoms. The van der Waals surface area contributed by atoms with E-state index in [2.05, 4.69) is 5.32 Å². The van der Waals surface area contributed by atoms with E-state index >= 15 is 0 Å². The van der Waals surface area contributed by atoms with Crippen molar-refractivity contribution < 1.29 is 19.1 Å². The van der Waals surface area contributed by atoms with Crippen LogP contribution in [0.25, 0.3) is 0 Å². The molecule has 0 saturated carbocycles. The number of ether oxygens (including phenoxy) is 1. The summed E-state index contributed by atoms with van der Waals surface area (Å²) in [5, 5.41) is 2.25. The van der Waals surface area contributed by atoms with Gasteiger partial charge in [0.05, 0.1) is 12.6 Å². The van der Waals surface area contributed by atoms with E-state index in [0.717, 1.165) is 4.90 Å². The van der Waals surface area contributed by atoms with Crippen molar-refractivity contribution in [1.82, 2.24) is 10.2 Å². The predicted molar refractivity (Wildman–Crippen MR) is 64.7 cm³/mol. The molecule has 0 aromatic heterocycles. The number of imide groups is 2. The molecule has 0 bridgehead atoms. The lowest BCUT2D eigenvalue weighted by Gasteiger charge is -2.38. The summed E-state index contributed by atoms with van der Waals surface area (Å²) in [6.07, 6.45) is 0.484. The fourth-order valence-electron chi connectivity index (χ4n) is 2.10. The molecular formula is C12H20N2O4. The molecule has 1 atom stereocenters. The zero-order chi connectivity index (χ0) is 13.9. The molecule has 0 aromatic rings. The van der Waals surface area contributed by atoms with Crippen LogP contribution in [0.15, 0.2) is 0 Å². The zero-order valence-electron chi connectivity index (χ0n) is 11.3. The third-order valence-electron chi connectivity index (χ3n) is 3.60. The van der Waals surface area contributed by atoms with E-state index in [0.29, 0.717) is 12.8 Å². The predicted octanol–water partition coefficient (Wildman–Crippen LogP) is 0.906. The number of amides is 4. The summed E-state index contributed by atoms with van der Waals surface area (Å²) in [6.45, 7) is 5.45. The number of nitrogens with zero attached hydrogens (tertiary/aromatic N) is 1. The minimum Gasteiger partial charge on any atom is -0.380 e. The van der Waals surface area contributed by atoms with Crippen LogP contribution in [0.3, 0.4) is 0 Å². The second-order valence-corrected chi connectivity index (χ2v) is 4.51. The highest BCUT2D eigenvalue weighted by Gasteiger charge is 2.51. The molecule has 6 nitrogen and oxygen atoms in total. The summed E-state index contributed by atoms with van der Waals surface area (Å²) < 4.78 is 5.05. The van der Waals surface area contributed by atoms with Crippen molar-refractivity contribution in [2.75, 3.05) is 13.7 Å². The SMILES string of the molecule is CCC1(CC)C(=O)NC(=O)N(CC(C)OC)C1=O. The van der Waals surface area contributed by atoms with Crippen molar-refractivity contribution in [1.29, 1.82) is 0 Å². The number of methoxy groups -OCH3 is 1. The molecule has 1 N–H and O–H groups in total. The molecule has 1 saturated heterocycles. The van der Waals surface area contributed by atoms with Gasteiger partial charge in [-0.25, -0.2) is 4.79 Å². The van der Waals surface area contributed by atoms with Crippen LogP contribution in [0, 0.1) is 5.41 Å². The maximum Gasteiger partial charge on any atom is 0.330 e. The first-order valence-electron chi connectivity index (χ1n) is 6.13. The van der Waals surface area contributed by atoms with E-state index in [4.69, 9.17) is 4.74 Å². The Bertz CT molecular complexity index is 363. The van der Waals surface area contributed by atoms with Crippen LogP contribution in [-0.2, 0) is 14.3 Å². The molecule has 0 aliphatic carbocycles. The Kier molecular flexibility index (Phi) is 4.45. The molecule has 0 aromatic carbocycles. The molecule has 1 rings (SSSR count). The zero-order valence-corrected chi connectivity index (χ0v) is 11.3. The number of rotatable bonds is 5. The number of carbonyl (C=O) groups is 3. The Morgan fingerprint density at radius 3 is 2.28 bits per heavy atom. The number of hydrogen-bond donors (Lipinski definition) is 1. The summed E-state index contributed by atoms with van der Waals surface area (Å²) >= 11 is 0. The molecule has 0 radical (unpaired) electrons. The highest BCUT2D eigenvalue weighted by molar-refractivity contribution is 6.19. The molecule has 1 aliphatic heterocycles. The summed E-state index contributed by atoms with van der Waals surface area (Å²) in [5.41, 5.74) is -1.12. The van der Waals surface area contributed by atoms with E-state index in [9.17, 15) is 14.4 Å². The molecule has 1 heterocycles. The molecule has 102 valence electrons. The highest BCUT2D eigenvalue weighted by atomic mass is 16.5. The van der Waals surface area contributed by atoms with Gasteiger partial charge in [0.1, 0.15) is 5.41 Å². The van der Waals surface area contributed by atoms with Crippen molar-refractivity contribution >= 4 is 17.8 Å². The quantitative estimate of drug-likeness (QED) is 0.742. The van der Waals surface area contributed by atoms with Gasteiger partial charge in [0.25, 0.3) is 0 Å². The first-order valence-corrected chi connectivity index (χ1v) is 6.13. The lowest BCUT2D eigenvalue weighted by Crippen LogP contribution is -2.64. The maximum absolute atomic E-state index is 12.4. The monoisotopic (exact) mass is 256 g/mol. The Labute approximate surface area is 107 Å². The van der Waals surface area contributed by atoms with Gasteiger partial charge in [0.15, 0.2) is 0 Å². The number of carbonyl (C=O) groups excluding carboxylic acids is 3. The fraction of sp³-hybridized carbons (Fsp3) is 0.750. The van der Waals surface area contributed by atoms with Crippen molar-refractivity contribution in [2.45, 2.75) is 39.7 Å². The van der Waals surface area contributed by atoms with Crippen LogP contribution >= 0.6 is 0 Å². The van der Waals surface area contributed by atoms with Gasteiger partial charge in [-0.05, 0) is 19.8 Å². The minimum absolute atomic E-state index is 0.149. The molecular weight excluding hydrogens is 236 g/mol. The maximum atomic E-state index is 12.4. The third-order valence-corrected chi connectivity index (χ3v) is 3.60. The van der Waals surface area contributed by atoms with Crippen molar-refractivity contribution in [3.05, 3.63) is 0 Å². The topological polar surface area (TPSA) is 75.7 Å². The second kappa shape index (κ2) is 5.48. The van der Waals surface area contributed by atoms with Gasteiger partial charge in [0, 0.05) is 7.11 Å². The van der Waals surface area contributed by atoms with Gasteiger partial charge < -0.3 is 4.74 Å². The van der Waals surface area contributed by atoms with Crippen LogP contribution in [0.4, 0.5) is 4.79 Å². The standard InChI is InChI=1S/C12H20N2O4/c1-5-12(6-2)9(15)13-11(17)14(10(12)16)7-8(3)18-4/h8H,5-7H2,1-4H3,(H,13,15,17). The third kappa shape index (κ3) is 2.25. The number of hydrogen-bond acceptors (Lipinski definition) is 4. The van der Waals surface area contributed by atoms with E-state index < -0.39 is 23.3 Å². The smallest absolute Gasteiger partial charge is 0.330 e. The van der Waals surface area contributed by atoms with Gasteiger partial charge in [-0.15, -0.1) is 0 Å². The Hall–Kier alpha value is -1.43. The van der Waals surface area contributed by atoms with Gasteiger partial charge in [0.2, 0.25) is 11.8 Å². The summed E-state index contributed by atoms with van der Waals surface area (Å²) in [5.74, 6) is -0.922. The average molecular weight is 256 g/mol. The van der Waals surface area contributed by atoms with Crippen LogP contribution in [-0.4, -0.2) is 42.5 Å². The normalized spacial score (nSPS) is 20.9. The molecule has 1 fully saturated rings. The molecule has 1 unspecified atom stereocenters. The lowest BCUT2D eigenvalue weighted by molar-refractivity contribution is -0.153. The molecule has 1 aliphatic rings. The summed E-state index contributed by atoms with van der Waals surface area (Å²) in [4.78, 5) is 37.0. The van der Waals surface area contributed by atoms with E-state index in [1.807, 2.05) is 0 Å². The average Bonchev–Trinajstić information content (AvgIpc) is 2.35. The van der Waals surface area contributed by atoms with Gasteiger partial charge in [-0.2, -0.15) is 0 Å². The first-order chi connectivity index (χ1) is 8.42. The highest BCUT2D eigenvalue weighted by Crippen LogP contribution is 2.32. The largest absolute Gasteiger partial charge is 0.380 e. The van der Waals surface area contributed by atoms with Crippen molar-refractivity contribution in [2.24, 2.45) is 5.41 Å². The van der Waals surface area contributed by atoms with Gasteiger partial charge in [-0.3, -0.25) is 19.8 Å². The molecule has 4 amide bonds. The Morgan fingerprint density at radius 1 is 1.28 bits per heavy atom. The van der Waals surface area contributed by atoms with Crippen LogP contribution in [0.1, 0.15) is 33.6 Å². The van der Waals surface area contributed by atoms with E-state index in [1.54, 1.807) is 20.8 Å². The van der Waals surface area contributed by atoms with Gasteiger partial charge >= 0.3 is 6.03 Å². The lowest BCUT2D eigenvalue weighted by atomic mass is 9.78. The van der Waals surface area contributed by atoms with Crippen LogP contribution < -0.4 is 5.32 Å². The summed E-state index contributed by atoms with van der Waals surface area (Å²) in [7, 11) is 1.51. The minimum atomic E-state index is -1.12. The van der Waals surface area contributed by atoms with E-state index in [-0.39, 0.29) is 12.6 Å². The second-order valence-electron chi connectivity index (χ2n) is 4.51. The fourth-order valence-corrected chi connectivity index (χ4v) is 2.10. The van der Waals surface area contributed by atoms with Gasteiger partial charge in [-0.1, -0.05) is 13.8 Å². The molecule has 18 heavy (non-hydrogen) atoms. The van der Waals surface area contributed by atoms with Crippen LogP contribution in [0.2, 0.25) is 0 Å². The number of nitrogens with one attached hydrogen (secondary N) is 1.